The highest BCUT2D eigenvalue weighted by molar-refractivity contribution is 7.18. The van der Waals surface area contributed by atoms with Crippen LogP contribution in [-0.4, -0.2) is 35.5 Å². The molecule has 1 fully saturated rings. The fraction of sp³-hybridized carbons (Fsp3) is 0.364. The van der Waals surface area contributed by atoms with Gasteiger partial charge in [0, 0.05) is 19.0 Å². The van der Waals surface area contributed by atoms with Crippen LogP contribution in [0.2, 0.25) is 0 Å². The molecule has 2 aromatic carbocycles. The molecule has 2 aliphatic heterocycles. The van der Waals surface area contributed by atoms with Crippen molar-refractivity contribution in [1.82, 2.24) is 9.88 Å². The van der Waals surface area contributed by atoms with Gasteiger partial charge >= 0.3 is 0 Å². The summed E-state index contributed by atoms with van der Waals surface area (Å²) in [5.74, 6) is 1.42. The second-order valence-corrected chi connectivity index (χ2v) is 8.53. The topological polar surface area (TPSA) is 42.4 Å². The van der Waals surface area contributed by atoms with Gasteiger partial charge in [0.05, 0.1) is 21.1 Å². The number of piperidine rings is 1. The van der Waals surface area contributed by atoms with Crippen LogP contribution in [0.4, 0.5) is 0 Å². The largest absolute Gasteiger partial charge is 0.492 e. The molecule has 5 heteroatoms. The van der Waals surface area contributed by atoms with Crippen LogP contribution in [0.5, 0.6) is 5.75 Å². The van der Waals surface area contributed by atoms with Crippen LogP contribution in [0, 0.1) is 5.92 Å². The van der Waals surface area contributed by atoms with Crippen molar-refractivity contribution < 1.29 is 9.53 Å². The number of carbonyl (C=O) groups is 1. The maximum absolute atomic E-state index is 13.1. The average molecular weight is 378 g/mol. The number of fused-ring (bicyclic) bond motifs is 2. The average Bonchev–Trinajstić information content (AvgIpc) is 3.17. The summed E-state index contributed by atoms with van der Waals surface area (Å²) in [7, 11) is 0. The molecule has 4 nitrogen and oxygen atoms in total. The van der Waals surface area contributed by atoms with E-state index in [1.807, 2.05) is 29.2 Å². The SMILES string of the molecule is O=C(C1COc2ccccc2C1)N1CCCC(c2nc3ccccc3s2)C1. The Morgan fingerprint density at radius 3 is 2.93 bits per heavy atom. The zero-order valence-corrected chi connectivity index (χ0v) is 16.0. The van der Waals surface area contributed by atoms with Crippen molar-refractivity contribution in [3.05, 3.63) is 59.1 Å². The first kappa shape index (κ1) is 16.8. The van der Waals surface area contributed by atoms with Gasteiger partial charge in [0.15, 0.2) is 0 Å². The van der Waals surface area contributed by atoms with Gasteiger partial charge in [-0.15, -0.1) is 11.3 Å². The molecule has 0 saturated carbocycles. The third-order valence-corrected chi connectivity index (χ3v) is 6.82. The number of amides is 1. The predicted octanol–water partition coefficient (Wildman–Crippen LogP) is 4.25. The maximum Gasteiger partial charge on any atom is 0.229 e. The third-order valence-electron chi connectivity index (χ3n) is 5.62. The summed E-state index contributed by atoms with van der Waals surface area (Å²) in [5, 5.41) is 1.17. The predicted molar refractivity (Wildman–Crippen MR) is 107 cm³/mol. The van der Waals surface area contributed by atoms with Crippen molar-refractivity contribution in [2.75, 3.05) is 19.7 Å². The normalized spacial score (nSPS) is 22.3. The number of nitrogens with zero attached hydrogens (tertiary/aromatic N) is 2. The van der Waals surface area contributed by atoms with Gasteiger partial charge in [-0.05, 0) is 43.0 Å². The van der Waals surface area contributed by atoms with Crippen molar-refractivity contribution in [2.45, 2.75) is 25.2 Å². The summed E-state index contributed by atoms with van der Waals surface area (Å²) < 4.78 is 7.07. The van der Waals surface area contributed by atoms with Gasteiger partial charge in [0.25, 0.3) is 0 Å². The van der Waals surface area contributed by atoms with Gasteiger partial charge in [0.2, 0.25) is 5.91 Å². The first-order valence-electron chi connectivity index (χ1n) is 9.63. The van der Waals surface area contributed by atoms with Crippen LogP contribution in [0.25, 0.3) is 10.2 Å². The van der Waals surface area contributed by atoms with Crippen molar-refractivity contribution in [1.29, 1.82) is 0 Å². The summed E-state index contributed by atoms with van der Waals surface area (Å²) in [6.07, 6.45) is 2.92. The molecule has 2 aliphatic rings. The molecule has 1 saturated heterocycles. The van der Waals surface area contributed by atoms with Crippen LogP contribution in [0.1, 0.15) is 29.3 Å². The monoisotopic (exact) mass is 378 g/mol. The summed E-state index contributed by atoms with van der Waals surface area (Å²) in [6, 6.07) is 16.3. The van der Waals surface area contributed by atoms with E-state index in [1.165, 1.54) is 9.71 Å². The number of thiazole rings is 1. The molecule has 1 amide bonds. The Hall–Kier alpha value is -2.40. The van der Waals surface area contributed by atoms with Gasteiger partial charge in [-0.1, -0.05) is 30.3 Å². The van der Waals surface area contributed by atoms with E-state index in [0.29, 0.717) is 12.5 Å². The Balaban J connectivity index is 1.31. The lowest BCUT2D eigenvalue weighted by Crippen LogP contribution is -2.45. The molecular weight excluding hydrogens is 356 g/mol. The lowest BCUT2D eigenvalue weighted by molar-refractivity contribution is -0.138. The number of carbonyl (C=O) groups excluding carboxylic acids is 1. The lowest BCUT2D eigenvalue weighted by Gasteiger charge is -2.35. The van der Waals surface area contributed by atoms with Gasteiger partial charge in [0.1, 0.15) is 12.4 Å². The van der Waals surface area contributed by atoms with Gasteiger partial charge < -0.3 is 9.64 Å². The Morgan fingerprint density at radius 2 is 2.00 bits per heavy atom. The summed E-state index contributed by atoms with van der Waals surface area (Å²) in [5.41, 5.74) is 2.21. The second-order valence-electron chi connectivity index (χ2n) is 7.46. The molecule has 0 radical (unpaired) electrons. The molecule has 0 bridgehead atoms. The van der Waals surface area contributed by atoms with Crippen LogP contribution in [0.15, 0.2) is 48.5 Å². The number of likely N-dealkylation sites (tertiary alicyclic amines) is 1. The van der Waals surface area contributed by atoms with Crippen molar-refractivity contribution in [3.8, 4) is 5.75 Å². The number of rotatable bonds is 2. The van der Waals surface area contributed by atoms with E-state index in [2.05, 4.69) is 24.3 Å². The van der Waals surface area contributed by atoms with E-state index < -0.39 is 0 Å². The highest BCUT2D eigenvalue weighted by Crippen LogP contribution is 2.34. The number of hydrogen-bond acceptors (Lipinski definition) is 4. The Bertz CT molecular complexity index is 950. The smallest absolute Gasteiger partial charge is 0.229 e. The molecule has 138 valence electrons. The number of aromatic nitrogens is 1. The van der Waals surface area contributed by atoms with Crippen LogP contribution in [-0.2, 0) is 11.2 Å². The van der Waals surface area contributed by atoms with Crippen LogP contribution in [0.3, 0.4) is 0 Å². The molecule has 0 N–H and O–H groups in total. The minimum absolute atomic E-state index is 0.0750. The molecular formula is C22H22N2O2S. The van der Waals surface area contributed by atoms with E-state index in [9.17, 15) is 4.79 Å². The molecule has 3 aromatic rings. The van der Waals surface area contributed by atoms with Crippen LogP contribution < -0.4 is 4.74 Å². The Morgan fingerprint density at radius 1 is 1.15 bits per heavy atom. The standard InChI is InChI=1S/C22H22N2O2S/c25-22(17-12-15-6-1-3-9-19(15)26-14-17)24-11-5-7-16(13-24)21-23-18-8-2-4-10-20(18)27-21/h1-4,6,8-10,16-17H,5,7,11-14H2. The molecule has 0 aliphatic carbocycles. The zero-order valence-electron chi connectivity index (χ0n) is 15.1. The lowest BCUT2D eigenvalue weighted by atomic mass is 9.93. The minimum Gasteiger partial charge on any atom is -0.492 e. The highest BCUT2D eigenvalue weighted by Gasteiger charge is 2.33. The summed E-state index contributed by atoms with van der Waals surface area (Å²) >= 11 is 1.77. The van der Waals surface area contributed by atoms with Crippen LogP contribution >= 0.6 is 11.3 Å². The molecule has 0 spiro atoms. The van der Waals surface area contributed by atoms with E-state index in [-0.39, 0.29) is 11.8 Å². The number of ether oxygens (including phenoxy) is 1. The number of benzene rings is 2. The van der Waals surface area contributed by atoms with E-state index >= 15 is 0 Å². The summed E-state index contributed by atoms with van der Waals surface area (Å²) in [4.78, 5) is 20.0. The molecule has 2 unspecified atom stereocenters. The Labute approximate surface area is 162 Å². The first-order chi connectivity index (χ1) is 13.3. The zero-order chi connectivity index (χ0) is 18.2. The second kappa shape index (κ2) is 6.97. The fourth-order valence-electron chi connectivity index (χ4n) is 4.19. The van der Waals surface area contributed by atoms with E-state index in [1.54, 1.807) is 11.3 Å². The third kappa shape index (κ3) is 3.21. The van der Waals surface area contributed by atoms with Crippen molar-refractivity contribution in [3.63, 3.8) is 0 Å². The molecule has 2 atom stereocenters. The van der Waals surface area contributed by atoms with Crippen molar-refractivity contribution >= 4 is 27.5 Å². The van der Waals surface area contributed by atoms with Gasteiger partial charge in [-0.2, -0.15) is 0 Å². The Kier molecular flexibility index (Phi) is 4.32. The molecule has 27 heavy (non-hydrogen) atoms. The highest BCUT2D eigenvalue weighted by atomic mass is 32.1. The van der Waals surface area contributed by atoms with E-state index in [4.69, 9.17) is 9.72 Å². The van der Waals surface area contributed by atoms with E-state index in [0.717, 1.165) is 49.2 Å². The maximum atomic E-state index is 13.1. The van der Waals surface area contributed by atoms with Crippen molar-refractivity contribution in [2.24, 2.45) is 5.92 Å². The first-order valence-corrected chi connectivity index (χ1v) is 10.4. The molecule has 3 heterocycles. The number of para-hydroxylation sites is 2. The summed E-state index contributed by atoms with van der Waals surface area (Å²) in [6.45, 7) is 2.10. The van der Waals surface area contributed by atoms with Gasteiger partial charge in [-0.3, -0.25) is 4.79 Å². The number of hydrogen-bond donors (Lipinski definition) is 0. The molecule has 5 rings (SSSR count). The quantitative estimate of drug-likeness (QED) is 0.669. The minimum atomic E-state index is -0.0750. The van der Waals surface area contributed by atoms with Gasteiger partial charge in [-0.25, -0.2) is 4.98 Å². The fourth-order valence-corrected chi connectivity index (χ4v) is 5.28. The molecule has 1 aromatic heterocycles.